The summed E-state index contributed by atoms with van der Waals surface area (Å²) in [6.07, 6.45) is 3.24. The van der Waals surface area contributed by atoms with Gasteiger partial charge in [-0.25, -0.2) is 0 Å². The first-order valence-corrected chi connectivity index (χ1v) is 5.40. The van der Waals surface area contributed by atoms with Gasteiger partial charge in [0.1, 0.15) is 12.0 Å². The molecule has 0 unspecified atom stereocenters. The highest BCUT2D eigenvalue weighted by atomic mass is 16.5. The number of ether oxygens (including phenoxy) is 1. The zero-order valence-electron chi connectivity index (χ0n) is 9.19. The van der Waals surface area contributed by atoms with Crippen molar-refractivity contribution < 1.29 is 9.53 Å². The quantitative estimate of drug-likeness (QED) is 0.705. The Bertz CT molecular complexity index is 347. The Kier molecular flexibility index (Phi) is 2.51. The average molecular weight is 204 g/mol. The molecule has 0 radical (unpaired) electrons. The van der Waals surface area contributed by atoms with Gasteiger partial charge >= 0.3 is 0 Å². The summed E-state index contributed by atoms with van der Waals surface area (Å²) in [6.45, 7) is 4.00. The smallest absolute Gasteiger partial charge is 0.130 e. The lowest BCUT2D eigenvalue weighted by Crippen LogP contribution is -2.08. The minimum Gasteiger partial charge on any atom is -0.491 e. The average Bonchev–Trinajstić information content (AvgIpc) is 2.99. The highest BCUT2D eigenvalue weighted by Crippen LogP contribution is 2.46. The lowest BCUT2D eigenvalue weighted by Gasteiger charge is -2.11. The van der Waals surface area contributed by atoms with Crippen LogP contribution in [0, 0.1) is 0 Å². The predicted octanol–water partition coefficient (Wildman–Crippen LogP) is 2.70. The number of benzene rings is 1. The molecule has 0 bridgehead atoms. The van der Waals surface area contributed by atoms with Crippen LogP contribution in [0.2, 0.25) is 0 Å². The minimum atomic E-state index is -0.170. The molecule has 2 nitrogen and oxygen atoms in total. The third-order valence-electron chi connectivity index (χ3n) is 2.82. The van der Waals surface area contributed by atoms with Gasteiger partial charge in [0.15, 0.2) is 0 Å². The predicted molar refractivity (Wildman–Crippen MR) is 59.2 cm³/mol. The first kappa shape index (κ1) is 10.2. The lowest BCUT2D eigenvalue weighted by molar-refractivity contribution is -0.109. The molecule has 0 spiro atoms. The molecule has 0 aliphatic heterocycles. The standard InChI is InChI=1S/C13H16O2/c1-10(2)15-12-5-3-11(4-6-12)13(9-14)7-8-13/h3-6,9-10H,7-8H2,1-2H3. The zero-order valence-corrected chi connectivity index (χ0v) is 9.19. The Morgan fingerprint density at radius 2 is 1.87 bits per heavy atom. The van der Waals surface area contributed by atoms with E-state index in [1.807, 2.05) is 38.1 Å². The fourth-order valence-corrected chi connectivity index (χ4v) is 1.75. The molecule has 2 rings (SSSR count). The molecule has 0 aromatic heterocycles. The van der Waals surface area contributed by atoms with Crippen LogP contribution in [0.4, 0.5) is 0 Å². The Labute approximate surface area is 90.3 Å². The SMILES string of the molecule is CC(C)Oc1ccc(C2(C=O)CC2)cc1. The molecule has 1 aromatic carbocycles. The molecule has 80 valence electrons. The van der Waals surface area contributed by atoms with E-state index in [0.29, 0.717) is 0 Å². The summed E-state index contributed by atoms with van der Waals surface area (Å²) in [5.74, 6) is 0.871. The van der Waals surface area contributed by atoms with Crippen molar-refractivity contribution in [2.75, 3.05) is 0 Å². The number of carbonyl (C=O) groups is 1. The summed E-state index contributed by atoms with van der Waals surface area (Å²) >= 11 is 0. The van der Waals surface area contributed by atoms with Crippen molar-refractivity contribution in [3.8, 4) is 5.75 Å². The molecular weight excluding hydrogens is 188 g/mol. The maximum Gasteiger partial charge on any atom is 0.130 e. The van der Waals surface area contributed by atoms with Crippen LogP contribution in [-0.4, -0.2) is 12.4 Å². The van der Waals surface area contributed by atoms with Crippen LogP contribution < -0.4 is 4.74 Å². The van der Waals surface area contributed by atoms with Crippen molar-refractivity contribution in [2.45, 2.75) is 38.2 Å². The molecule has 1 aliphatic rings. The maximum atomic E-state index is 10.9. The molecule has 1 saturated carbocycles. The van der Waals surface area contributed by atoms with Gasteiger partial charge in [0.25, 0.3) is 0 Å². The van der Waals surface area contributed by atoms with Gasteiger partial charge in [0.2, 0.25) is 0 Å². The van der Waals surface area contributed by atoms with Crippen LogP contribution in [0.25, 0.3) is 0 Å². The molecule has 0 amide bonds. The fourth-order valence-electron chi connectivity index (χ4n) is 1.75. The number of rotatable bonds is 4. The van der Waals surface area contributed by atoms with Gasteiger partial charge in [-0.15, -0.1) is 0 Å². The molecule has 1 aromatic rings. The van der Waals surface area contributed by atoms with E-state index in [9.17, 15) is 4.79 Å². The van der Waals surface area contributed by atoms with Crippen LogP contribution >= 0.6 is 0 Å². The summed E-state index contributed by atoms with van der Waals surface area (Å²) < 4.78 is 5.55. The lowest BCUT2D eigenvalue weighted by atomic mass is 9.98. The van der Waals surface area contributed by atoms with Gasteiger partial charge in [0, 0.05) is 0 Å². The van der Waals surface area contributed by atoms with Gasteiger partial charge in [-0.1, -0.05) is 12.1 Å². The third kappa shape index (κ3) is 2.04. The number of carbonyl (C=O) groups excluding carboxylic acids is 1. The maximum absolute atomic E-state index is 10.9. The summed E-state index contributed by atoms with van der Waals surface area (Å²) in [5.41, 5.74) is 0.949. The van der Waals surface area contributed by atoms with E-state index in [-0.39, 0.29) is 11.5 Å². The van der Waals surface area contributed by atoms with E-state index in [4.69, 9.17) is 4.74 Å². The molecule has 0 heterocycles. The van der Waals surface area contributed by atoms with E-state index in [1.165, 1.54) is 0 Å². The minimum absolute atomic E-state index is 0.170. The number of aldehydes is 1. The van der Waals surface area contributed by atoms with Crippen molar-refractivity contribution >= 4 is 6.29 Å². The van der Waals surface area contributed by atoms with Crippen LogP contribution in [0.5, 0.6) is 5.75 Å². The fraction of sp³-hybridized carbons (Fsp3) is 0.462. The van der Waals surface area contributed by atoms with Crippen molar-refractivity contribution in [1.82, 2.24) is 0 Å². The van der Waals surface area contributed by atoms with Crippen LogP contribution in [0.1, 0.15) is 32.3 Å². The van der Waals surface area contributed by atoms with E-state index < -0.39 is 0 Å². The molecule has 0 N–H and O–H groups in total. The number of hydrogen-bond acceptors (Lipinski definition) is 2. The van der Waals surface area contributed by atoms with E-state index >= 15 is 0 Å². The molecule has 15 heavy (non-hydrogen) atoms. The molecular formula is C13H16O2. The van der Waals surface area contributed by atoms with Gasteiger partial charge in [0.05, 0.1) is 11.5 Å². The van der Waals surface area contributed by atoms with Gasteiger partial charge in [-0.2, -0.15) is 0 Å². The highest BCUT2D eigenvalue weighted by molar-refractivity contribution is 5.73. The largest absolute Gasteiger partial charge is 0.491 e. The molecule has 1 aliphatic carbocycles. The summed E-state index contributed by atoms with van der Waals surface area (Å²) in [6, 6.07) is 7.88. The van der Waals surface area contributed by atoms with Gasteiger partial charge in [-0.05, 0) is 44.4 Å². The Balaban J connectivity index is 2.14. The van der Waals surface area contributed by atoms with Crippen LogP contribution in [-0.2, 0) is 10.2 Å². The van der Waals surface area contributed by atoms with Gasteiger partial charge < -0.3 is 9.53 Å². The molecule has 1 fully saturated rings. The molecule has 2 heteroatoms. The molecule has 0 saturated heterocycles. The van der Waals surface area contributed by atoms with Crippen molar-refractivity contribution in [1.29, 1.82) is 0 Å². The van der Waals surface area contributed by atoms with Crippen molar-refractivity contribution in [3.05, 3.63) is 29.8 Å². The normalized spacial score (nSPS) is 17.5. The second-order valence-corrected chi connectivity index (χ2v) is 4.46. The summed E-state index contributed by atoms with van der Waals surface area (Å²) in [5, 5.41) is 0. The summed E-state index contributed by atoms with van der Waals surface area (Å²) in [4.78, 5) is 10.9. The topological polar surface area (TPSA) is 26.3 Å². The van der Waals surface area contributed by atoms with E-state index in [2.05, 4.69) is 0 Å². The zero-order chi connectivity index (χ0) is 10.9. The highest BCUT2D eigenvalue weighted by Gasteiger charge is 2.44. The monoisotopic (exact) mass is 204 g/mol. The third-order valence-corrected chi connectivity index (χ3v) is 2.82. The van der Waals surface area contributed by atoms with Gasteiger partial charge in [-0.3, -0.25) is 0 Å². The van der Waals surface area contributed by atoms with Crippen LogP contribution in [0.3, 0.4) is 0 Å². The number of hydrogen-bond donors (Lipinski definition) is 0. The summed E-state index contributed by atoms with van der Waals surface area (Å²) in [7, 11) is 0. The van der Waals surface area contributed by atoms with Crippen molar-refractivity contribution in [2.24, 2.45) is 0 Å². The second-order valence-electron chi connectivity index (χ2n) is 4.46. The molecule has 0 atom stereocenters. The Morgan fingerprint density at radius 3 is 2.27 bits per heavy atom. The van der Waals surface area contributed by atoms with E-state index in [0.717, 1.165) is 30.4 Å². The van der Waals surface area contributed by atoms with E-state index in [1.54, 1.807) is 0 Å². The Morgan fingerprint density at radius 1 is 1.27 bits per heavy atom. The second kappa shape index (κ2) is 3.69. The van der Waals surface area contributed by atoms with Crippen LogP contribution in [0.15, 0.2) is 24.3 Å². The first-order chi connectivity index (χ1) is 7.16. The first-order valence-electron chi connectivity index (χ1n) is 5.40. The van der Waals surface area contributed by atoms with Crippen molar-refractivity contribution in [3.63, 3.8) is 0 Å². The Hall–Kier alpha value is -1.31.